The standard InChI is InChI=1S/C23H22F4N6O3/c1-21(9-28)6-14-18(22(2,26)27)35-10-23(14,33-20(21)29)13-5-12(3-4-15(13)25)32-19(34)16-7-31-17(8-30-16)36-11-24/h3-5,7-8,14,18H,6,10-11H2,1-2H3,(H2,29,33)(H,32,34)/t14-,18?,21+,23-/m1/s1. The first-order valence-corrected chi connectivity index (χ1v) is 10.8. The highest BCUT2D eigenvalue weighted by Gasteiger charge is 2.62. The highest BCUT2D eigenvalue weighted by Crippen LogP contribution is 2.55. The molecule has 0 bridgehead atoms. The minimum Gasteiger partial charge on any atom is -0.445 e. The Morgan fingerprint density at radius 2 is 2.14 bits per heavy atom. The molecule has 4 rings (SSSR count). The van der Waals surface area contributed by atoms with Crippen LogP contribution in [-0.2, 0) is 10.3 Å². The van der Waals surface area contributed by atoms with Gasteiger partial charge in [0.25, 0.3) is 11.8 Å². The quantitative estimate of drug-likeness (QED) is 0.574. The SMILES string of the molecule is CC(F)(F)C1OC[C@]2(c3cc(NC(=O)c4cnc(OCF)cn4)ccc3F)N=C(N)[C@](C)(C#N)C[C@H]12. The number of nitrogens with two attached hydrogens (primary N) is 1. The average Bonchev–Trinajstić information content (AvgIpc) is 3.20. The number of hydrogen-bond donors (Lipinski definition) is 2. The largest absolute Gasteiger partial charge is 0.445 e. The zero-order chi connectivity index (χ0) is 26.3. The maximum atomic E-state index is 15.2. The zero-order valence-corrected chi connectivity index (χ0v) is 19.3. The van der Waals surface area contributed by atoms with Crippen molar-refractivity contribution in [2.45, 2.75) is 37.8 Å². The Kier molecular flexibility index (Phi) is 6.34. The third-order valence-corrected chi connectivity index (χ3v) is 6.48. The van der Waals surface area contributed by atoms with E-state index in [1.807, 2.05) is 6.07 Å². The first kappa shape index (κ1) is 25.3. The molecule has 0 aliphatic carbocycles. The Bertz CT molecular complexity index is 1250. The molecule has 3 heterocycles. The third-order valence-electron chi connectivity index (χ3n) is 6.48. The van der Waals surface area contributed by atoms with E-state index in [1.165, 1.54) is 19.1 Å². The normalized spacial score (nSPS) is 27.5. The molecule has 0 spiro atoms. The molecule has 4 atom stereocenters. The highest BCUT2D eigenvalue weighted by atomic mass is 19.3. The van der Waals surface area contributed by atoms with Crippen molar-refractivity contribution in [1.29, 1.82) is 5.26 Å². The van der Waals surface area contributed by atoms with Gasteiger partial charge in [-0.25, -0.2) is 27.5 Å². The number of fused-ring (bicyclic) bond motifs is 1. The lowest BCUT2D eigenvalue weighted by molar-refractivity contribution is -0.118. The number of amides is 1. The summed E-state index contributed by atoms with van der Waals surface area (Å²) in [6.45, 7) is 0.661. The maximum absolute atomic E-state index is 15.2. The van der Waals surface area contributed by atoms with E-state index in [0.717, 1.165) is 18.5 Å². The third kappa shape index (κ3) is 4.32. The Morgan fingerprint density at radius 3 is 2.75 bits per heavy atom. The fourth-order valence-corrected chi connectivity index (χ4v) is 4.60. The van der Waals surface area contributed by atoms with Crippen LogP contribution in [0.3, 0.4) is 0 Å². The number of halogens is 4. The summed E-state index contributed by atoms with van der Waals surface area (Å²) >= 11 is 0. The van der Waals surface area contributed by atoms with E-state index < -0.39 is 54.1 Å². The number of ether oxygens (including phenoxy) is 2. The molecular formula is C23H22F4N6O3. The molecule has 13 heteroatoms. The topological polar surface area (TPSA) is 136 Å². The average molecular weight is 506 g/mol. The van der Waals surface area contributed by atoms with Gasteiger partial charge >= 0.3 is 0 Å². The Hall–Kier alpha value is -3.79. The minimum atomic E-state index is -3.30. The van der Waals surface area contributed by atoms with Gasteiger partial charge in [-0.05, 0) is 31.5 Å². The molecule has 1 fully saturated rings. The molecule has 1 saturated heterocycles. The molecule has 1 aromatic heterocycles. The van der Waals surface area contributed by atoms with E-state index >= 15 is 4.39 Å². The van der Waals surface area contributed by atoms with Crippen molar-refractivity contribution >= 4 is 17.4 Å². The second-order valence-corrected chi connectivity index (χ2v) is 9.01. The smallest absolute Gasteiger partial charge is 0.275 e. The van der Waals surface area contributed by atoms with Crippen molar-refractivity contribution in [2.75, 3.05) is 18.8 Å². The van der Waals surface area contributed by atoms with Crippen LogP contribution in [0, 0.1) is 28.5 Å². The molecule has 190 valence electrons. The fourth-order valence-electron chi connectivity index (χ4n) is 4.60. The summed E-state index contributed by atoms with van der Waals surface area (Å²) in [7, 11) is 0. The van der Waals surface area contributed by atoms with Crippen LogP contribution in [0.4, 0.5) is 23.2 Å². The van der Waals surface area contributed by atoms with Crippen molar-refractivity contribution < 1.29 is 31.8 Å². The van der Waals surface area contributed by atoms with Crippen LogP contribution in [0.15, 0.2) is 35.6 Å². The monoisotopic (exact) mass is 506 g/mol. The number of anilines is 1. The maximum Gasteiger partial charge on any atom is 0.275 e. The molecule has 2 aliphatic heterocycles. The van der Waals surface area contributed by atoms with Crippen LogP contribution in [0.2, 0.25) is 0 Å². The van der Waals surface area contributed by atoms with Crippen LogP contribution < -0.4 is 15.8 Å². The molecular weight excluding hydrogens is 484 g/mol. The van der Waals surface area contributed by atoms with Crippen molar-refractivity contribution in [2.24, 2.45) is 22.1 Å². The van der Waals surface area contributed by atoms with Crippen LogP contribution >= 0.6 is 0 Å². The van der Waals surface area contributed by atoms with Gasteiger partial charge in [0, 0.05) is 24.1 Å². The number of hydrogen-bond acceptors (Lipinski definition) is 8. The number of carbonyl (C=O) groups excluding carboxylic acids is 1. The number of alkyl halides is 3. The number of rotatable bonds is 6. The molecule has 0 saturated carbocycles. The van der Waals surface area contributed by atoms with Gasteiger partial charge in [0.15, 0.2) is 0 Å². The van der Waals surface area contributed by atoms with Gasteiger partial charge in [-0.15, -0.1) is 0 Å². The molecule has 36 heavy (non-hydrogen) atoms. The lowest BCUT2D eigenvalue weighted by Gasteiger charge is -2.42. The van der Waals surface area contributed by atoms with Crippen molar-refractivity contribution in [1.82, 2.24) is 9.97 Å². The lowest BCUT2D eigenvalue weighted by atomic mass is 9.66. The van der Waals surface area contributed by atoms with Crippen molar-refractivity contribution in [3.05, 3.63) is 47.7 Å². The second-order valence-electron chi connectivity index (χ2n) is 9.01. The molecule has 1 amide bonds. The minimum absolute atomic E-state index is 0.113. The number of amidine groups is 1. The number of nitrogens with zero attached hydrogens (tertiary/aromatic N) is 4. The molecule has 0 radical (unpaired) electrons. The summed E-state index contributed by atoms with van der Waals surface area (Å²) in [6, 6.07) is 5.61. The number of benzene rings is 1. The van der Waals surface area contributed by atoms with Crippen LogP contribution in [0.5, 0.6) is 5.88 Å². The van der Waals surface area contributed by atoms with Crippen LogP contribution in [-0.4, -0.2) is 47.2 Å². The van der Waals surface area contributed by atoms with Gasteiger partial charge in [-0.2, -0.15) is 5.26 Å². The van der Waals surface area contributed by atoms with Gasteiger partial charge < -0.3 is 20.5 Å². The molecule has 1 aromatic carbocycles. The van der Waals surface area contributed by atoms with E-state index in [2.05, 4.69) is 25.0 Å². The van der Waals surface area contributed by atoms with E-state index in [0.29, 0.717) is 6.92 Å². The lowest BCUT2D eigenvalue weighted by Crippen LogP contribution is -2.52. The summed E-state index contributed by atoms with van der Waals surface area (Å²) in [4.78, 5) is 24.6. The Morgan fingerprint density at radius 1 is 1.39 bits per heavy atom. The van der Waals surface area contributed by atoms with E-state index in [-0.39, 0.29) is 35.1 Å². The van der Waals surface area contributed by atoms with Gasteiger partial charge in [0.1, 0.15) is 34.4 Å². The molecule has 1 unspecified atom stereocenters. The molecule has 9 nitrogen and oxygen atoms in total. The Balaban J connectivity index is 1.72. The van der Waals surface area contributed by atoms with Gasteiger partial charge in [0.05, 0.1) is 25.1 Å². The fraction of sp³-hybridized carbons (Fsp3) is 0.435. The predicted molar refractivity (Wildman–Crippen MR) is 118 cm³/mol. The first-order valence-electron chi connectivity index (χ1n) is 10.8. The van der Waals surface area contributed by atoms with Crippen molar-refractivity contribution in [3.63, 3.8) is 0 Å². The summed E-state index contributed by atoms with van der Waals surface area (Å²) < 4.78 is 66.4. The summed E-state index contributed by atoms with van der Waals surface area (Å²) in [5.41, 5.74) is 2.96. The first-order chi connectivity index (χ1) is 16.9. The van der Waals surface area contributed by atoms with E-state index in [1.54, 1.807) is 0 Å². The number of carbonyl (C=O) groups is 1. The van der Waals surface area contributed by atoms with Gasteiger partial charge in [-0.1, -0.05) is 0 Å². The predicted octanol–water partition coefficient (Wildman–Crippen LogP) is 3.33. The van der Waals surface area contributed by atoms with Crippen LogP contribution in [0.25, 0.3) is 0 Å². The molecule has 2 aliphatic rings. The molecule has 3 N–H and O–H groups in total. The Labute approximate surface area is 203 Å². The highest BCUT2D eigenvalue weighted by molar-refractivity contribution is 6.02. The van der Waals surface area contributed by atoms with Gasteiger partial charge in [0.2, 0.25) is 12.7 Å². The second kappa shape index (κ2) is 9.02. The van der Waals surface area contributed by atoms with E-state index in [4.69, 9.17) is 10.5 Å². The summed E-state index contributed by atoms with van der Waals surface area (Å²) in [5, 5.41) is 12.2. The van der Waals surface area contributed by atoms with Crippen molar-refractivity contribution in [3.8, 4) is 11.9 Å². The van der Waals surface area contributed by atoms with E-state index in [9.17, 15) is 23.2 Å². The summed E-state index contributed by atoms with van der Waals surface area (Å²) in [6.07, 6.45) is 0.347. The number of nitriles is 1. The molecule has 2 aromatic rings. The number of nitrogens with one attached hydrogen (secondary N) is 1. The van der Waals surface area contributed by atoms with Crippen LogP contribution in [0.1, 0.15) is 36.3 Å². The number of aliphatic imine (C=N–C) groups is 1. The zero-order valence-electron chi connectivity index (χ0n) is 19.3. The number of aromatic nitrogens is 2. The van der Waals surface area contributed by atoms with Gasteiger partial charge in [-0.3, -0.25) is 9.79 Å². The summed E-state index contributed by atoms with van der Waals surface area (Å²) in [5.74, 6) is -6.11.